The summed E-state index contributed by atoms with van der Waals surface area (Å²) < 4.78 is 6.31. The molecule has 1 aromatic heterocycles. The molecule has 0 radical (unpaired) electrons. The molecule has 2 atom stereocenters. The third-order valence-electron chi connectivity index (χ3n) is 3.25. The molecule has 2 rings (SSSR count). The molecule has 5 nitrogen and oxygen atoms in total. The van der Waals surface area contributed by atoms with E-state index in [1.807, 2.05) is 0 Å². The Labute approximate surface area is 121 Å². The van der Waals surface area contributed by atoms with Crippen molar-refractivity contribution in [2.45, 2.75) is 32.9 Å². The van der Waals surface area contributed by atoms with E-state index in [9.17, 15) is 4.79 Å². The zero-order valence-electron chi connectivity index (χ0n) is 11.1. The Morgan fingerprint density at radius 3 is 2.95 bits per heavy atom. The standard InChI is InChI=1S/C13H18BrN3O2/c1-8(2)12-10(3-4-19-12)13(18)17-6-9-5-16-11(14)7-15-9/h5,7-8,10,12H,3-4,6H2,1-2H3,(H,17,18)/t10-,12-/m0/s1. The van der Waals surface area contributed by atoms with E-state index in [0.717, 1.165) is 12.1 Å². The minimum Gasteiger partial charge on any atom is -0.377 e. The number of amides is 1. The highest BCUT2D eigenvalue weighted by atomic mass is 79.9. The van der Waals surface area contributed by atoms with Crippen LogP contribution in [0.1, 0.15) is 26.0 Å². The van der Waals surface area contributed by atoms with Gasteiger partial charge in [0, 0.05) is 6.61 Å². The third kappa shape index (κ3) is 3.73. The molecule has 1 saturated heterocycles. The maximum absolute atomic E-state index is 12.2. The molecule has 0 aromatic carbocycles. The van der Waals surface area contributed by atoms with E-state index in [1.165, 1.54) is 0 Å². The smallest absolute Gasteiger partial charge is 0.226 e. The summed E-state index contributed by atoms with van der Waals surface area (Å²) in [6, 6.07) is 0. The van der Waals surface area contributed by atoms with Gasteiger partial charge in [0.05, 0.1) is 36.7 Å². The number of carbonyl (C=O) groups excluding carboxylic acids is 1. The minimum absolute atomic E-state index is 0.0241. The number of aromatic nitrogens is 2. The van der Waals surface area contributed by atoms with Crippen LogP contribution in [0.4, 0.5) is 0 Å². The number of ether oxygens (including phenoxy) is 1. The number of carbonyl (C=O) groups is 1. The summed E-state index contributed by atoms with van der Waals surface area (Å²) in [5, 5.41) is 2.91. The Morgan fingerprint density at radius 2 is 2.32 bits per heavy atom. The lowest BCUT2D eigenvalue weighted by Gasteiger charge is -2.21. The van der Waals surface area contributed by atoms with Crippen molar-refractivity contribution in [1.82, 2.24) is 15.3 Å². The molecule has 0 unspecified atom stereocenters. The van der Waals surface area contributed by atoms with Gasteiger partial charge in [-0.3, -0.25) is 9.78 Å². The summed E-state index contributed by atoms with van der Waals surface area (Å²) in [6.07, 6.45) is 4.09. The summed E-state index contributed by atoms with van der Waals surface area (Å²) in [5.74, 6) is 0.343. The van der Waals surface area contributed by atoms with Crippen molar-refractivity contribution in [1.29, 1.82) is 0 Å². The summed E-state index contributed by atoms with van der Waals surface area (Å²) in [7, 11) is 0. The van der Waals surface area contributed by atoms with E-state index in [4.69, 9.17) is 4.74 Å². The molecular formula is C13H18BrN3O2. The summed E-state index contributed by atoms with van der Waals surface area (Å²) >= 11 is 3.23. The molecule has 6 heteroatoms. The molecular weight excluding hydrogens is 310 g/mol. The molecule has 1 fully saturated rings. The van der Waals surface area contributed by atoms with E-state index in [-0.39, 0.29) is 17.9 Å². The van der Waals surface area contributed by atoms with Gasteiger partial charge in [-0.25, -0.2) is 4.98 Å². The zero-order chi connectivity index (χ0) is 13.8. The van der Waals surface area contributed by atoms with Crippen LogP contribution in [-0.4, -0.2) is 28.6 Å². The second kappa shape index (κ2) is 6.43. The number of hydrogen-bond donors (Lipinski definition) is 1. The number of halogens is 1. The van der Waals surface area contributed by atoms with Crippen LogP contribution in [0.25, 0.3) is 0 Å². The van der Waals surface area contributed by atoms with Crippen LogP contribution >= 0.6 is 15.9 Å². The molecule has 19 heavy (non-hydrogen) atoms. The lowest BCUT2D eigenvalue weighted by atomic mass is 9.92. The molecule has 1 aliphatic rings. The molecule has 0 bridgehead atoms. The predicted octanol–water partition coefficient (Wildman–Crippen LogP) is 1.92. The lowest BCUT2D eigenvalue weighted by Crippen LogP contribution is -2.37. The molecule has 0 aliphatic carbocycles. The summed E-state index contributed by atoms with van der Waals surface area (Å²) in [6.45, 7) is 5.23. The number of nitrogens with zero attached hydrogens (tertiary/aromatic N) is 2. The Balaban J connectivity index is 1.89. The molecule has 1 aromatic rings. The van der Waals surface area contributed by atoms with Crippen LogP contribution in [0.2, 0.25) is 0 Å². The number of hydrogen-bond acceptors (Lipinski definition) is 4. The highest BCUT2D eigenvalue weighted by molar-refractivity contribution is 9.10. The molecule has 1 aliphatic heterocycles. The van der Waals surface area contributed by atoms with Gasteiger partial charge in [0.15, 0.2) is 0 Å². The van der Waals surface area contributed by atoms with Crippen molar-refractivity contribution in [3.63, 3.8) is 0 Å². The van der Waals surface area contributed by atoms with Gasteiger partial charge in [0.2, 0.25) is 5.91 Å². The fourth-order valence-corrected chi connectivity index (χ4v) is 2.49. The van der Waals surface area contributed by atoms with Crippen LogP contribution in [0.5, 0.6) is 0 Å². The Hall–Kier alpha value is -1.01. The van der Waals surface area contributed by atoms with E-state index in [2.05, 4.69) is 45.1 Å². The van der Waals surface area contributed by atoms with Crippen molar-refractivity contribution in [2.75, 3.05) is 6.61 Å². The summed E-state index contributed by atoms with van der Waals surface area (Å²) in [4.78, 5) is 20.4. The highest BCUT2D eigenvalue weighted by Crippen LogP contribution is 2.26. The Morgan fingerprint density at radius 1 is 1.53 bits per heavy atom. The van der Waals surface area contributed by atoms with Gasteiger partial charge in [-0.2, -0.15) is 0 Å². The van der Waals surface area contributed by atoms with E-state index >= 15 is 0 Å². The van der Waals surface area contributed by atoms with E-state index < -0.39 is 0 Å². The maximum atomic E-state index is 12.2. The highest BCUT2D eigenvalue weighted by Gasteiger charge is 2.35. The van der Waals surface area contributed by atoms with Gasteiger partial charge in [-0.1, -0.05) is 13.8 Å². The molecule has 1 amide bonds. The first-order valence-electron chi connectivity index (χ1n) is 6.43. The van der Waals surface area contributed by atoms with Crippen molar-refractivity contribution in [3.05, 3.63) is 22.7 Å². The quantitative estimate of drug-likeness (QED) is 0.917. The van der Waals surface area contributed by atoms with Crippen LogP contribution in [-0.2, 0) is 16.1 Å². The van der Waals surface area contributed by atoms with Crippen LogP contribution < -0.4 is 5.32 Å². The monoisotopic (exact) mass is 327 g/mol. The Kier molecular flexibility index (Phi) is 4.87. The lowest BCUT2D eigenvalue weighted by molar-refractivity contribution is -0.127. The van der Waals surface area contributed by atoms with Crippen LogP contribution in [0.3, 0.4) is 0 Å². The van der Waals surface area contributed by atoms with Crippen molar-refractivity contribution < 1.29 is 9.53 Å². The van der Waals surface area contributed by atoms with Crippen LogP contribution in [0.15, 0.2) is 17.0 Å². The molecule has 0 spiro atoms. The SMILES string of the molecule is CC(C)[C@@H]1OCC[C@@H]1C(=O)NCc1cnc(Br)cn1. The van der Waals surface area contributed by atoms with E-state index in [0.29, 0.717) is 23.7 Å². The minimum atomic E-state index is -0.0524. The topological polar surface area (TPSA) is 64.1 Å². The molecule has 104 valence electrons. The largest absolute Gasteiger partial charge is 0.377 e. The van der Waals surface area contributed by atoms with Gasteiger partial charge in [0.1, 0.15) is 4.60 Å². The first-order chi connectivity index (χ1) is 9.08. The second-order valence-electron chi connectivity index (χ2n) is 5.02. The van der Waals surface area contributed by atoms with Gasteiger partial charge < -0.3 is 10.1 Å². The number of nitrogens with one attached hydrogen (secondary N) is 1. The zero-order valence-corrected chi connectivity index (χ0v) is 12.7. The predicted molar refractivity (Wildman–Crippen MR) is 74.3 cm³/mol. The number of rotatable bonds is 4. The van der Waals surface area contributed by atoms with Crippen LogP contribution in [0, 0.1) is 11.8 Å². The average Bonchev–Trinajstić information content (AvgIpc) is 2.87. The first kappa shape index (κ1) is 14.4. The fraction of sp³-hybridized carbons (Fsp3) is 0.615. The van der Waals surface area contributed by atoms with Gasteiger partial charge in [-0.15, -0.1) is 0 Å². The van der Waals surface area contributed by atoms with Gasteiger partial charge >= 0.3 is 0 Å². The van der Waals surface area contributed by atoms with E-state index in [1.54, 1.807) is 12.4 Å². The van der Waals surface area contributed by atoms with Gasteiger partial charge in [-0.05, 0) is 28.3 Å². The summed E-state index contributed by atoms with van der Waals surface area (Å²) in [5.41, 5.74) is 0.747. The maximum Gasteiger partial charge on any atom is 0.226 e. The normalized spacial score (nSPS) is 22.7. The first-order valence-corrected chi connectivity index (χ1v) is 7.23. The molecule has 1 N–H and O–H groups in total. The molecule has 0 saturated carbocycles. The average molecular weight is 328 g/mol. The Bertz CT molecular complexity index is 436. The second-order valence-corrected chi connectivity index (χ2v) is 5.84. The van der Waals surface area contributed by atoms with Crippen molar-refractivity contribution in [3.8, 4) is 0 Å². The fourth-order valence-electron chi connectivity index (χ4n) is 2.29. The van der Waals surface area contributed by atoms with Gasteiger partial charge in [0.25, 0.3) is 0 Å². The third-order valence-corrected chi connectivity index (χ3v) is 3.66. The molecule has 2 heterocycles. The van der Waals surface area contributed by atoms with Crippen molar-refractivity contribution >= 4 is 21.8 Å². The van der Waals surface area contributed by atoms with Crippen molar-refractivity contribution in [2.24, 2.45) is 11.8 Å².